The molecule has 0 spiro atoms. The Morgan fingerprint density at radius 3 is 1.89 bits per heavy atom. The number of amides is 2. The molecule has 3 unspecified atom stereocenters. The Balaban J connectivity index is 0.000000516. The Hall–Kier alpha value is -1.06. The predicted molar refractivity (Wildman–Crippen MR) is 115 cm³/mol. The number of hydrogen-bond donors (Lipinski definition) is 2. The lowest BCUT2D eigenvalue weighted by molar-refractivity contribution is -0.135. The van der Waals surface area contributed by atoms with Crippen LogP contribution in [0.1, 0.15) is 81.6 Å². The molecule has 1 aliphatic rings. The van der Waals surface area contributed by atoms with Crippen molar-refractivity contribution in [2.75, 3.05) is 13.6 Å². The number of rotatable bonds is 6. The molecule has 0 radical (unpaired) electrons. The van der Waals surface area contributed by atoms with Crippen molar-refractivity contribution >= 4 is 11.8 Å². The minimum Gasteiger partial charge on any atom is -0.359 e. The maximum absolute atomic E-state index is 11.9. The van der Waals surface area contributed by atoms with Crippen LogP contribution in [-0.4, -0.2) is 25.4 Å². The maximum Gasteiger partial charge on any atom is 0.226 e. The first-order chi connectivity index (χ1) is 12.4. The van der Waals surface area contributed by atoms with E-state index in [1.54, 1.807) is 7.05 Å². The molecular weight excluding hydrogens is 336 g/mol. The molecule has 4 heteroatoms. The van der Waals surface area contributed by atoms with Crippen LogP contribution in [0.2, 0.25) is 0 Å². The van der Waals surface area contributed by atoms with E-state index >= 15 is 0 Å². The van der Waals surface area contributed by atoms with Crippen molar-refractivity contribution in [3.8, 4) is 0 Å². The smallest absolute Gasteiger partial charge is 0.226 e. The van der Waals surface area contributed by atoms with Crippen LogP contribution in [0.4, 0.5) is 0 Å². The van der Waals surface area contributed by atoms with E-state index in [1.807, 2.05) is 13.8 Å². The fourth-order valence-corrected chi connectivity index (χ4v) is 4.27. The second-order valence-corrected chi connectivity index (χ2v) is 9.50. The Morgan fingerprint density at radius 2 is 1.56 bits per heavy atom. The van der Waals surface area contributed by atoms with Crippen LogP contribution in [0, 0.1) is 40.9 Å². The van der Waals surface area contributed by atoms with Crippen LogP contribution in [0.25, 0.3) is 0 Å². The first-order valence-corrected chi connectivity index (χ1v) is 10.9. The van der Waals surface area contributed by atoms with Crippen molar-refractivity contribution in [2.24, 2.45) is 40.9 Å². The Labute approximate surface area is 168 Å². The second-order valence-electron chi connectivity index (χ2n) is 9.50. The van der Waals surface area contributed by atoms with E-state index in [2.05, 4.69) is 59.1 Å². The minimum absolute atomic E-state index is 0.146. The zero-order valence-electron chi connectivity index (χ0n) is 19.6. The molecule has 0 heterocycles. The summed E-state index contributed by atoms with van der Waals surface area (Å²) in [5, 5.41) is 5.71. The number of carbonyl (C=O) groups excluding carboxylic acids is 2. The van der Waals surface area contributed by atoms with Gasteiger partial charge < -0.3 is 10.6 Å². The Bertz CT molecular complexity index is 449. The molecule has 0 aromatic rings. The molecular formula is C23H46N2O2. The van der Waals surface area contributed by atoms with E-state index in [-0.39, 0.29) is 23.1 Å². The largest absolute Gasteiger partial charge is 0.359 e. The Kier molecular flexibility index (Phi) is 11.2. The van der Waals surface area contributed by atoms with Crippen molar-refractivity contribution in [1.82, 2.24) is 10.6 Å². The van der Waals surface area contributed by atoms with E-state index < -0.39 is 0 Å². The van der Waals surface area contributed by atoms with Gasteiger partial charge in [-0.1, -0.05) is 61.8 Å². The summed E-state index contributed by atoms with van der Waals surface area (Å²) in [6.45, 7) is 19.9. The highest BCUT2D eigenvalue weighted by Gasteiger charge is 2.38. The first-order valence-electron chi connectivity index (χ1n) is 10.9. The summed E-state index contributed by atoms with van der Waals surface area (Å²) in [6, 6.07) is 0. The molecule has 160 valence electrons. The highest BCUT2D eigenvalue weighted by atomic mass is 16.2. The SMILES string of the molecule is CCNC(=O)C1CC(C)CCC1C(C)C.CNC(=O)C(C)(C(C)C)C(C)C. The van der Waals surface area contributed by atoms with Gasteiger partial charge in [0.1, 0.15) is 0 Å². The maximum atomic E-state index is 11.9. The van der Waals surface area contributed by atoms with Gasteiger partial charge in [0.2, 0.25) is 11.8 Å². The average molecular weight is 383 g/mol. The van der Waals surface area contributed by atoms with Gasteiger partial charge in [-0.05, 0) is 49.4 Å². The summed E-state index contributed by atoms with van der Waals surface area (Å²) in [6.07, 6.45) is 3.59. The van der Waals surface area contributed by atoms with Crippen LogP contribution in [0.3, 0.4) is 0 Å². The molecule has 0 bridgehead atoms. The molecule has 4 nitrogen and oxygen atoms in total. The third kappa shape index (κ3) is 7.12. The summed E-state index contributed by atoms with van der Waals surface area (Å²) >= 11 is 0. The minimum atomic E-state index is -0.241. The van der Waals surface area contributed by atoms with Gasteiger partial charge in [-0.15, -0.1) is 0 Å². The molecule has 0 aromatic heterocycles. The summed E-state index contributed by atoms with van der Waals surface area (Å²) in [5.41, 5.74) is -0.241. The van der Waals surface area contributed by atoms with Crippen molar-refractivity contribution in [3.63, 3.8) is 0 Å². The molecule has 0 aromatic carbocycles. The molecule has 2 N–H and O–H groups in total. The second kappa shape index (κ2) is 11.7. The lowest BCUT2D eigenvalue weighted by Gasteiger charge is -2.36. The summed E-state index contributed by atoms with van der Waals surface area (Å²) < 4.78 is 0. The van der Waals surface area contributed by atoms with Crippen LogP contribution >= 0.6 is 0 Å². The fourth-order valence-electron chi connectivity index (χ4n) is 4.27. The van der Waals surface area contributed by atoms with Gasteiger partial charge in [0.05, 0.1) is 5.41 Å². The quantitative estimate of drug-likeness (QED) is 0.688. The van der Waals surface area contributed by atoms with Crippen LogP contribution < -0.4 is 10.6 Å². The molecule has 1 fully saturated rings. The topological polar surface area (TPSA) is 58.2 Å². The Morgan fingerprint density at radius 1 is 1.04 bits per heavy atom. The van der Waals surface area contributed by atoms with Gasteiger partial charge in [0.15, 0.2) is 0 Å². The van der Waals surface area contributed by atoms with Gasteiger partial charge in [-0.25, -0.2) is 0 Å². The van der Waals surface area contributed by atoms with E-state index in [4.69, 9.17) is 0 Å². The van der Waals surface area contributed by atoms with Crippen LogP contribution in [0.5, 0.6) is 0 Å². The zero-order valence-corrected chi connectivity index (χ0v) is 19.6. The number of nitrogens with one attached hydrogen (secondary N) is 2. The highest BCUT2D eigenvalue weighted by Crippen LogP contribution is 2.38. The molecule has 0 saturated heterocycles. The predicted octanol–water partition coefficient (Wildman–Crippen LogP) is 4.88. The molecule has 3 atom stereocenters. The van der Waals surface area contributed by atoms with E-state index in [0.29, 0.717) is 29.6 Å². The summed E-state index contributed by atoms with van der Waals surface area (Å²) in [5.74, 6) is 3.37. The van der Waals surface area contributed by atoms with Crippen molar-refractivity contribution < 1.29 is 9.59 Å². The van der Waals surface area contributed by atoms with Gasteiger partial charge in [-0.3, -0.25) is 9.59 Å². The van der Waals surface area contributed by atoms with Gasteiger partial charge in [0.25, 0.3) is 0 Å². The van der Waals surface area contributed by atoms with Gasteiger partial charge in [0, 0.05) is 19.5 Å². The van der Waals surface area contributed by atoms with E-state index in [9.17, 15) is 9.59 Å². The van der Waals surface area contributed by atoms with Crippen molar-refractivity contribution in [3.05, 3.63) is 0 Å². The van der Waals surface area contributed by atoms with Crippen molar-refractivity contribution in [2.45, 2.75) is 81.6 Å². The third-order valence-electron chi connectivity index (χ3n) is 6.83. The van der Waals surface area contributed by atoms with E-state index in [1.165, 1.54) is 12.8 Å². The van der Waals surface area contributed by atoms with Gasteiger partial charge in [-0.2, -0.15) is 0 Å². The van der Waals surface area contributed by atoms with Crippen molar-refractivity contribution in [1.29, 1.82) is 0 Å². The number of carbonyl (C=O) groups is 2. The average Bonchev–Trinajstić information content (AvgIpc) is 2.60. The molecule has 2 amide bonds. The lowest BCUT2D eigenvalue weighted by atomic mass is 9.70. The standard InChI is InChI=1S/C13H25NO.C10H21NO/c1-5-14-13(15)12-8-10(4)6-7-11(12)9(2)3;1-7(2)10(5,8(3)4)9(12)11-6/h9-12H,5-8H2,1-4H3,(H,14,15);7-8H,1-6H3,(H,11,12). The lowest BCUT2D eigenvalue weighted by Crippen LogP contribution is -2.44. The zero-order chi connectivity index (χ0) is 21.4. The summed E-state index contributed by atoms with van der Waals surface area (Å²) in [7, 11) is 1.70. The molecule has 27 heavy (non-hydrogen) atoms. The first kappa shape index (κ1) is 25.9. The van der Waals surface area contributed by atoms with Crippen LogP contribution in [0.15, 0.2) is 0 Å². The molecule has 1 saturated carbocycles. The molecule has 0 aliphatic heterocycles. The monoisotopic (exact) mass is 382 g/mol. The highest BCUT2D eigenvalue weighted by molar-refractivity contribution is 5.82. The third-order valence-corrected chi connectivity index (χ3v) is 6.83. The van der Waals surface area contributed by atoms with E-state index in [0.717, 1.165) is 13.0 Å². The molecule has 1 rings (SSSR count). The molecule has 1 aliphatic carbocycles. The normalized spacial score (nSPS) is 23.1. The summed E-state index contributed by atoms with van der Waals surface area (Å²) in [4.78, 5) is 23.6. The van der Waals surface area contributed by atoms with Gasteiger partial charge >= 0.3 is 0 Å². The fraction of sp³-hybridized carbons (Fsp3) is 0.913. The number of hydrogen-bond acceptors (Lipinski definition) is 2. The van der Waals surface area contributed by atoms with Crippen LogP contribution in [-0.2, 0) is 9.59 Å².